The molecule has 1 aromatic carbocycles. The number of rotatable bonds is 5. The molecule has 16 heavy (non-hydrogen) atoms. The maximum absolute atomic E-state index is 13.1. The molecule has 0 aromatic heterocycles. The van der Waals surface area contributed by atoms with Crippen molar-refractivity contribution < 1.29 is 9.13 Å². The molecular weight excluding hydrogens is 205 g/mol. The second kappa shape index (κ2) is 5.41. The Labute approximate surface area is 96.6 Å². The van der Waals surface area contributed by atoms with E-state index in [4.69, 9.17) is 10.5 Å². The number of halogens is 1. The first-order valence-electron chi connectivity index (χ1n) is 5.60. The van der Waals surface area contributed by atoms with Crippen molar-refractivity contribution in [2.24, 2.45) is 5.73 Å². The van der Waals surface area contributed by atoms with Gasteiger partial charge in [-0.1, -0.05) is 13.0 Å². The smallest absolute Gasteiger partial charge is 0.123 e. The Bertz CT molecular complexity index is 350. The summed E-state index contributed by atoms with van der Waals surface area (Å²) in [7, 11) is 0. The second-order valence-corrected chi connectivity index (χ2v) is 4.52. The van der Waals surface area contributed by atoms with Crippen LogP contribution < -0.4 is 5.73 Å². The molecule has 1 aromatic rings. The maximum atomic E-state index is 13.1. The van der Waals surface area contributed by atoms with Gasteiger partial charge >= 0.3 is 0 Å². The van der Waals surface area contributed by atoms with Crippen LogP contribution in [0.2, 0.25) is 0 Å². The van der Waals surface area contributed by atoms with Crippen LogP contribution in [0.1, 0.15) is 38.3 Å². The minimum atomic E-state index is -0.245. The normalized spacial score (nSPS) is 11.8. The van der Waals surface area contributed by atoms with E-state index >= 15 is 0 Å². The van der Waals surface area contributed by atoms with Crippen LogP contribution in [0.3, 0.4) is 0 Å². The molecule has 0 aliphatic rings. The van der Waals surface area contributed by atoms with Crippen molar-refractivity contribution in [1.29, 1.82) is 0 Å². The van der Waals surface area contributed by atoms with Gasteiger partial charge in [-0.3, -0.25) is 0 Å². The Morgan fingerprint density at radius 1 is 1.31 bits per heavy atom. The molecule has 0 radical (unpaired) electrons. The minimum Gasteiger partial charge on any atom is -0.371 e. The lowest BCUT2D eigenvalue weighted by molar-refractivity contribution is -0.0319. The molecule has 2 N–H and O–H groups in total. The number of benzene rings is 1. The van der Waals surface area contributed by atoms with E-state index in [1.54, 1.807) is 6.07 Å². The average molecular weight is 225 g/mol. The summed E-state index contributed by atoms with van der Waals surface area (Å²) < 4.78 is 18.8. The molecule has 0 aliphatic heterocycles. The Kier molecular flexibility index (Phi) is 4.44. The van der Waals surface area contributed by atoms with E-state index in [-0.39, 0.29) is 11.4 Å². The summed E-state index contributed by atoms with van der Waals surface area (Å²) in [4.78, 5) is 0. The molecule has 0 heterocycles. The number of hydrogen-bond acceptors (Lipinski definition) is 2. The molecule has 0 bridgehead atoms. The van der Waals surface area contributed by atoms with Crippen LogP contribution in [-0.2, 0) is 17.9 Å². The maximum Gasteiger partial charge on any atom is 0.123 e. The van der Waals surface area contributed by atoms with Gasteiger partial charge in [-0.15, -0.1) is 0 Å². The molecule has 0 aliphatic carbocycles. The third kappa shape index (κ3) is 3.58. The van der Waals surface area contributed by atoms with Gasteiger partial charge in [-0.05, 0) is 43.5 Å². The van der Waals surface area contributed by atoms with E-state index < -0.39 is 0 Å². The summed E-state index contributed by atoms with van der Waals surface area (Å²) in [6.07, 6.45) is 0.917. The first kappa shape index (κ1) is 13.1. The van der Waals surface area contributed by atoms with Crippen LogP contribution in [0.5, 0.6) is 0 Å². The summed E-state index contributed by atoms with van der Waals surface area (Å²) in [5, 5.41) is 0. The van der Waals surface area contributed by atoms with Crippen LogP contribution >= 0.6 is 0 Å². The summed E-state index contributed by atoms with van der Waals surface area (Å²) in [6, 6.07) is 4.64. The fourth-order valence-electron chi connectivity index (χ4n) is 1.30. The lowest BCUT2D eigenvalue weighted by atomic mass is 10.1. The van der Waals surface area contributed by atoms with Gasteiger partial charge in [0.15, 0.2) is 0 Å². The lowest BCUT2D eigenvalue weighted by Gasteiger charge is -2.24. The van der Waals surface area contributed by atoms with Crippen molar-refractivity contribution in [1.82, 2.24) is 0 Å². The zero-order valence-corrected chi connectivity index (χ0v) is 10.2. The van der Waals surface area contributed by atoms with Crippen LogP contribution in [-0.4, -0.2) is 5.60 Å². The predicted octanol–water partition coefficient (Wildman–Crippen LogP) is 2.99. The number of nitrogens with two attached hydrogens (primary N) is 1. The standard InChI is InChI=1S/C13H20FNO/c1-4-13(2,3)16-9-11-7-12(14)6-5-10(11)8-15/h5-7H,4,8-9,15H2,1-3H3. The highest BCUT2D eigenvalue weighted by Crippen LogP contribution is 2.19. The summed E-state index contributed by atoms with van der Waals surface area (Å²) in [6.45, 7) is 6.93. The molecule has 0 atom stereocenters. The van der Waals surface area contributed by atoms with Crippen molar-refractivity contribution in [3.05, 3.63) is 35.1 Å². The van der Waals surface area contributed by atoms with Crippen molar-refractivity contribution >= 4 is 0 Å². The van der Waals surface area contributed by atoms with E-state index in [0.717, 1.165) is 17.5 Å². The zero-order valence-electron chi connectivity index (χ0n) is 10.2. The van der Waals surface area contributed by atoms with Gasteiger partial charge in [0.2, 0.25) is 0 Å². The van der Waals surface area contributed by atoms with Gasteiger partial charge in [0.1, 0.15) is 5.82 Å². The van der Waals surface area contributed by atoms with Crippen LogP contribution in [0.25, 0.3) is 0 Å². The minimum absolute atomic E-state index is 0.182. The molecule has 90 valence electrons. The van der Waals surface area contributed by atoms with Crippen molar-refractivity contribution in [3.63, 3.8) is 0 Å². The number of hydrogen-bond donors (Lipinski definition) is 1. The lowest BCUT2D eigenvalue weighted by Crippen LogP contribution is -2.23. The van der Waals surface area contributed by atoms with Gasteiger partial charge in [-0.2, -0.15) is 0 Å². The van der Waals surface area contributed by atoms with Gasteiger partial charge in [0.25, 0.3) is 0 Å². The van der Waals surface area contributed by atoms with Crippen molar-refractivity contribution in [2.75, 3.05) is 0 Å². The first-order valence-corrected chi connectivity index (χ1v) is 5.60. The summed E-state index contributed by atoms with van der Waals surface area (Å²) >= 11 is 0. The van der Waals surface area contributed by atoms with E-state index in [1.165, 1.54) is 12.1 Å². The number of ether oxygens (including phenoxy) is 1. The van der Waals surface area contributed by atoms with Gasteiger partial charge in [0.05, 0.1) is 12.2 Å². The molecule has 0 unspecified atom stereocenters. The van der Waals surface area contributed by atoms with E-state index in [2.05, 4.69) is 6.92 Å². The third-order valence-electron chi connectivity index (χ3n) is 2.86. The third-order valence-corrected chi connectivity index (χ3v) is 2.86. The van der Waals surface area contributed by atoms with Crippen molar-refractivity contribution in [3.8, 4) is 0 Å². The van der Waals surface area contributed by atoms with E-state index in [0.29, 0.717) is 13.2 Å². The molecule has 2 nitrogen and oxygen atoms in total. The van der Waals surface area contributed by atoms with Crippen LogP contribution in [0.4, 0.5) is 4.39 Å². The SMILES string of the molecule is CCC(C)(C)OCc1cc(F)ccc1CN. The van der Waals surface area contributed by atoms with Gasteiger partial charge < -0.3 is 10.5 Å². The Hall–Kier alpha value is -0.930. The summed E-state index contributed by atoms with van der Waals surface area (Å²) in [5.74, 6) is -0.245. The quantitative estimate of drug-likeness (QED) is 0.836. The van der Waals surface area contributed by atoms with Gasteiger partial charge in [0, 0.05) is 6.54 Å². The Balaban J connectivity index is 2.76. The van der Waals surface area contributed by atoms with Crippen LogP contribution in [0.15, 0.2) is 18.2 Å². The molecule has 0 spiro atoms. The van der Waals surface area contributed by atoms with Crippen molar-refractivity contribution in [2.45, 2.75) is 45.9 Å². The molecule has 1 rings (SSSR count). The first-order chi connectivity index (χ1) is 7.48. The van der Waals surface area contributed by atoms with E-state index in [1.807, 2.05) is 13.8 Å². The molecule has 0 saturated carbocycles. The molecule has 0 fully saturated rings. The Morgan fingerprint density at radius 3 is 2.56 bits per heavy atom. The fraction of sp³-hybridized carbons (Fsp3) is 0.538. The zero-order chi connectivity index (χ0) is 12.2. The monoisotopic (exact) mass is 225 g/mol. The largest absolute Gasteiger partial charge is 0.371 e. The fourth-order valence-corrected chi connectivity index (χ4v) is 1.30. The Morgan fingerprint density at radius 2 is 2.00 bits per heavy atom. The predicted molar refractivity (Wildman–Crippen MR) is 63.5 cm³/mol. The highest BCUT2D eigenvalue weighted by Gasteiger charge is 2.16. The second-order valence-electron chi connectivity index (χ2n) is 4.52. The molecule has 0 saturated heterocycles. The molecule has 3 heteroatoms. The van der Waals surface area contributed by atoms with Crippen LogP contribution in [0, 0.1) is 5.82 Å². The van der Waals surface area contributed by atoms with E-state index in [9.17, 15) is 4.39 Å². The molecule has 0 amide bonds. The highest BCUT2D eigenvalue weighted by atomic mass is 19.1. The average Bonchev–Trinajstić information content (AvgIpc) is 2.27. The summed E-state index contributed by atoms with van der Waals surface area (Å²) in [5.41, 5.74) is 7.19. The topological polar surface area (TPSA) is 35.2 Å². The molecular formula is C13H20FNO. The highest BCUT2D eigenvalue weighted by molar-refractivity contribution is 5.27. The van der Waals surface area contributed by atoms with Gasteiger partial charge in [-0.25, -0.2) is 4.39 Å².